The Kier molecular flexibility index (Phi) is 45.1. The first-order valence-electron chi connectivity index (χ1n) is 27.5. The predicted octanol–water partition coefficient (Wildman–Crippen LogP) is 10.6. The Hall–Kier alpha value is -3.47. The monoisotopic (exact) mass is 1080 g/mol. The topological polar surface area (TPSA) is 166 Å². The fraction of sp³-hybridized carbons (Fsp3) is 0.750. The number of hydrogen-bond acceptors (Lipinski definition) is 16. The average Bonchev–Trinajstić information content (AvgIpc) is 3.40. The van der Waals surface area contributed by atoms with E-state index in [2.05, 4.69) is 12.2 Å². The number of nitrogens with one attached hydrogen (secondary N) is 1. The molecule has 19 heteroatoms. The number of rotatable bonds is 55. The lowest BCUT2D eigenvalue weighted by atomic mass is 10.0. The van der Waals surface area contributed by atoms with Crippen molar-refractivity contribution in [2.45, 2.75) is 116 Å². The van der Waals surface area contributed by atoms with Gasteiger partial charge >= 0.3 is 18.1 Å². The van der Waals surface area contributed by atoms with Crippen molar-refractivity contribution in [1.29, 1.82) is 0 Å². The molecule has 0 aromatic heterocycles. The average molecular weight is 1080 g/mol. The molecule has 75 heavy (non-hydrogen) atoms. The van der Waals surface area contributed by atoms with Gasteiger partial charge in [0.2, 0.25) is 0 Å². The molecule has 0 saturated carbocycles. The molecule has 0 atom stereocenters. The van der Waals surface area contributed by atoms with Crippen molar-refractivity contribution in [1.82, 2.24) is 0 Å². The lowest BCUT2D eigenvalue weighted by Gasteiger charge is -2.13. The maximum absolute atomic E-state index is 13.1. The Bertz CT molecular complexity index is 1610. The van der Waals surface area contributed by atoms with Gasteiger partial charge in [-0.25, -0.2) is 4.79 Å². The lowest BCUT2D eigenvalue weighted by molar-refractivity contribution is -0.145. The molecule has 0 spiro atoms. The van der Waals surface area contributed by atoms with Gasteiger partial charge in [0.1, 0.15) is 13.2 Å². The van der Waals surface area contributed by atoms with Crippen LogP contribution in [0.15, 0.2) is 48.5 Å². The molecule has 0 aliphatic heterocycles. The van der Waals surface area contributed by atoms with E-state index in [1.807, 2.05) is 0 Å². The summed E-state index contributed by atoms with van der Waals surface area (Å²) >= 11 is 0. The molecule has 0 aliphatic rings. The Morgan fingerprint density at radius 2 is 0.733 bits per heavy atom. The second kappa shape index (κ2) is 50.1. The number of ether oxygens (including phenoxy) is 13. The molecule has 432 valence electrons. The van der Waals surface area contributed by atoms with Crippen molar-refractivity contribution < 1.29 is 84.3 Å². The zero-order chi connectivity index (χ0) is 53.8. The van der Waals surface area contributed by atoms with E-state index in [9.17, 15) is 22.8 Å². The second-order valence-electron chi connectivity index (χ2n) is 17.5. The van der Waals surface area contributed by atoms with Crippen molar-refractivity contribution >= 4 is 23.3 Å². The fourth-order valence-corrected chi connectivity index (χ4v) is 7.20. The molecule has 0 heterocycles. The highest BCUT2D eigenvalue weighted by Crippen LogP contribution is 2.32. The van der Waals surface area contributed by atoms with Gasteiger partial charge in [0.25, 0.3) is 0 Å². The molecule has 0 fully saturated rings. The number of alkyl halides is 3. The zero-order valence-corrected chi connectivity index (χ0v) is 45.2. The van der Waals surface area contributed by atoms with Gasteiger partial charge in [0.05, 0.1) is 162 Å². The standard InChI is InChI=1S/C56H92F3NO15/c1-2-3-4-5-6-7-8-9-10-11-12-13-14-15-16-24-54(61)74-47-45-72-43-41-70-39-37-68-35-33-66-31-29-64-27-25-63-26-28-65-30-32-67-34-36-69-38-40-71-42-44-73-46-48-75-55(62)52-22-17-18-23-53(52)60-51-21-19-20-50(49-51)56(57,58)59/h17-23,49,60H,2-16,24-48H2,1H3. The number of para-hydroxylation sites is 1. The van der Waals surface area contributed by atoms with Crippen LogP contribution in [0.3, 0.4) is 0 Å². The SMILES string of the molecule is CCCCCCCCCCCCCCCCCC(=O)OCCOCCOCCOCCOCCOCCOCCOCCOCCOCCOCCOCCOC(=O)c1ccccc1Nc1cccc(C(F)(F)F)c1. The van der Waals surface area contributed by atoms with Crippen molar-refractivity contribution in [2.75, 3.05) is 164 Å². The minimum Gasteiger partial charge on any atom is -0.463 e. The highest BCUT2D eigenvalue weighted by molar-refractivity contribution is 5.96. The van der Waals surface area contributed by atoms with E-state index in [4.69, 9.17) is 61.6 Å². The van der Waals surface area contributed by atoms with Gasteiger partial charge in [0.15, 0.2) is 0 Å². The van der Waals surface area contributed by atoms with Crippen LogP contribution in [-0.4, -0.2) is 171 Å². The Morgan fingerprint density at radius 1 is 0.400 bits per heavy atom. The summed E-state index contributed by atoms with van der Waals surface area (Å²) in [5.41, 5.74) is -0.104. The first-order chi connectivity index (χ1) is 36.8. The van der Waals surface area contributed by atoms with Gasteiger partial charge in [-0.05, 0) is 36.8 Å². The van der Waals surface area contributed by atoms with Crippen molar-refractivity contribution in [3.8, 4) is 0 Å². The van der Waals surface area contributed by atoms with E-state index in [1.165, 1.54) is 102 Å². The summed E-state index contributed by atoms with van der Waals surface area (Å²) in [6.45, 7) is 11.7. The summed E-state index contributed by atoms with van der Waals surface area (Å²) in [5, 5.41) is 2.86. The van der Waals surface area contributed by atoms with Gasteiger partial charge in [0, 0.05) is 12.1 Å². The second-order valence-corrected chi connectivity index (χ2v) is 17.5. The van der Waals surface area contributed by atoms with Crippen LogP contribution in [0.1, 0.15) is 126 Å². The highest BCUT2D eigenvalue weighted by atomic mass is 19.4. The first kappa shape index (κ1) is 67.6. The molecule has 0 bridgehead atoms. The van der Waals surface area contributed by atoms with Crippen molar-refractivity contribution in [2.24, 2.45) is 0 Å². The van der Waals surface area contributed by atoms with Crippen LogP contribution < -0.4 is 5.32 Å². The molecule has 0 amide bonds. The van der Waals surface area contributed by atoms with Gasteiger partial charge in [-0.3, -0.25) is 4.79 Å². The minimum absolute atomic E-state index is 0.00790. The number of esters is 2. The Balaban J connectivity index is 1.19. The normalized spacial score (nSPS) is 11.6. The smallest absolute Gasteiger partial charge is 0.416 e. The van der Waals surface area contributed by atoms with Crippen molar-refractivity contribution in [3.63, 3.8) is 0 Å². The number of hydrogen-bond donors (Lipinski definition) is 1. The number of anilines is 2. The summed E-state index contributed by atoms with van der Waals surface area (Å²) in [7, 11) is 0. The van der Waals surface area contributed by atoms with E-state index in [0.29, 0.717) is 151 Å². The first-order valence-corrected chi connectivity index (χ1v) is 27.5. The highest BCUT2D eigenvalue weighted by Gasteiger charge is 2.30. The Labute approximate surface area is 445 Å². The largest absolute Gasteiger partial charge is 0.463 e. The quantitative estimate of drug-likeness (QED) is 0.0491. The molecular formula is C56H92F3NO15. The van der Waals surface area contributed by atoms with E-state index >= 15 is 0 Å². The number of carbonyl (C=O) groups is 2. The third kappa shape index (κ3) is 42.3. The number of carbonyl (C=O) groups excluding carboxylic acids is 2. The van der Waals surface area contributed by atoms with Crippen molar-refractivity contribution in [3.05, 3.63) is 59.7 Å². The summed E-state index contributed by atoms with van der Waals surface area (Å²) in [5.74, 6) is -0.777. The number of halogens is 3. The number of benzene rings is 2. The molecule has 2 aromatic rings. The van der Waals surface area contributed by atoms with Gasteiger partial charge in [-0.15, -0.1) is 0 Å². The van der Waals surface area contributed by atoms with Crippen LogP contribution in [0, 0.1) is 0 Å². The van der Waals surface area contributed by atoms with Crippen LogP contribution in [0.2, 0.25) is 0 Å². The van der Waals surface area contributed by atoms with Crippen LogP contribution >= 0.6 is 0 Å². The predicted molar refractivity (Wildman–Crippen MR) is 281 cm³/mol. The molecule has 2 aromatic carbocycles. The lowest BCUT2D eigenvalue weighted by Crippen LogP contribution is -2.16. The molecule has 0 saturated heterocycles. The Morgan fingerprint density at radius 3 is 1.11 bits per heavy atom. The molecule has 0 aliphatic carbocycles. The zero-order valence-electron chi connectivity index (χ0n) is 45.2. The molecule has 1 N–H and O–H groups in total. The van der Waals surface area contributed by atoms with E-state index < -0.39 is 17.7 Å². The van der Waals surface area contributed by atoms with Crippen LogP contribution in [0.4, 0.5) is 24.5 Å². The van der Waals surface area contributed by atoms with Crippen LogP contribution in [0.25, 0.3) is 0 Å². The molecule has 0 radical (unpaired) electrons. The van der Waals surface area contributed by atoms with Crippen LogP contribution in [-0.2, 0) is 72.6 Å². The maximum Gasteiger partial charge on any atom is 0.416 e. The summed E-state index contributed by atoms with van der Waals surface area (Å²) in [4.78, 5) is 24.6. The fourth-order valence-electron chi connectivity index (χ4n) is 7.20. The van der Waals surface area contributed by atoms with Gasteiger partial charge in [-0.1, -0.05) is 115 Å². The molecule has 2 rings (SSSR count). The number of unbranched alkanes of at least 4 members (excludes halogenated alkanes) is 14. The molecule has 16 nitrogen and oxygen atoms in total. The van der Waals surface area contributed by atoms with Crippen LogP contribution in [0.5, 0.6) is 0 Å². The van der Waals surface area contributed by atoms with E-state index in [1.54, 1.807) is 18.2 Å². The van der Waals surface area contributed by atoms with Gasteiger partial charge < -0.3 is 66.9 Å². The third-order valence-electron chi connectivity index (χ3n) is 11.3. The summed E-state index contributed by atoms with van der Waals surface area (Å²) in [6, 6.07) is 11.1. The van der Waals surface area contributed by atoms with Gasteiger partial charge in [-0.2, -0.15) is 13.2 Å². The molecule has 0 unspecified atom stereocenters. The summed E-state index contributed by atoms with van der Waals surface area (Å²) in [6.07, 6.45) is 15.6. The van der Waals surface area contributed by atoms with E-state index in [0.717, 1.165) is 25.0 Å². The van der Waals surface area contributed by atoms with E-state index in [-0.39, 0.29) is 37.0 Å². The summed E-state index contributed by atoms with van der Waals surface area (Å²) < 4.78 is 110. The minimum atomic E-state index is -4.48. The third-order valence-corrected chi connectivity index (χ3v) is 11.3. The molecular weight excluding hydrogens is 984 g/mol. The maximum atomic E-state index is 13.1.